The fourth-order valence-corrected chi connectivity index (χ4v) is 0.136. The van der Waals surface area contributed by atoms with Gasteiger partial charge in [0.1, 0.15) is 0 Å². The third-order valence-electron chi connectivity index (χ3n) is 0.599. The number of hydrogen-bond donors (Lipinski definition) is 0. The molecule has 0 nitrogen and oxygen atoms in total. The summed E-state index contributed by atoms with van der Waals surface area (Å²) >= 11 is 2.29. The molecule has 0 saturated carbocycles. The fourth-order valence-electron chi connectivity index (χ4n) is 0.136. The predicted octanol–water partition coefficient (Wildman–Crippen LogP) is 0.717. The molecule has 0 atom stereocenters. The zero-order valence-corrected chi connectivity index (χ0v) is 5.97. The molecule has 0 amide bonds. The third-order valence-corrected chi connectivity index (χ3v) is 1.89. The van der Waals surface area contributed by atoms with Crippen molar-refractivity contribution in [3.05, 3.63) is 0 Å². The van der Waals surface area contributed by atoms with Crippen LogP contribution in [-0.4, -0.2) is 18.5 Å². The summed E-state index contributed by atoms with van der Waals surface area (Å²) in [6, 6.07) is 0. The number of halogens is 1. The molecule has 0 saturated heterocycles. The van der Waals surface area contributed by atoms with E-state index < -0.39 is 0 Å². The van der Waals surface area contributed by atoms with E-state index in [0.29, 0.717) is 4.46 Å². The molecule has 0 aromatic rings. The molecule has 0 aliphatic rings. The van der Waals surface area contributed by atoms with E-state index in [1.807, 2.05) is 0 Å². The van der Waals surface area contributed by atoms with Gasteiger partial charge in [-0.05, 0) is 0 Å². The van der Waals surface area contributed by atoms with E-state index in [0.717, 1.165) is 6.32 Å². The van der Waals surface area contributed by atoms with Crippen LogP contribution in [0.3, 0.4) is 0 Å². The van der Waals surface area contributed by atoms with E-state index in [4.69, 9.17) is 7.37 Å². The summed E-state index contributed by atoms with van der Waals surface area (Å²) in [5.41, 5.74) is 0. The van der Waals surface area contributed by atoms with Crippen molar-refractivity contribution in [3.63, 3.8) is 0 Å². The molecule has 0 unspecified atom stereocenters. The average molecular weight is 188 g/mol. The van der Waals surface area contributed by atoms with Gasteiger partial charge in [0.25, 0.3) is 0 Å². The molecular weight excluding hydrogens is 183 g/mol. The van der Waals surface area contributed by atoms with Gasteiger partial charge < -0.3 is 0 Å². The molecule has 0 aromatic carbocycles. The summed E-state index contributed by atoms with van der Waals surface area (Å²) in [5, 5.41) is 0. The minimum atomic E-state index is 0.558. The van der Waals surface area contributed by atoms with Crippen molar-refractivity contribution in [1.29, 1.82) is 0 Å². The van der Waals surface area contributed by atoms with Gasteiger partial charge in [0.15, 0.2) is 0 Å². The second-order valence-corrected chi connectivity index (χ2v) is 2.72. The maximum atomic E-state index is 5.15. The monoisotopic (exact) mass is 189 g/mol. The second-order valence-electron chi connectivity index (χ2n) is 1.12. The summed E-state index contributed by atoms with van der Waals surface area (Å²) in [4.78, 5) is 0. The van der Waals surface area contributed by atoms with Gasteiger partial charge in [-0.1, -0.05) is 0 Å². The van der Waals surface area contributed by atoms with Gasteiger partial charge in [0.05, 0.1) is 0 Å². The van der Waals surface area contributed by atoms with E-state index in [1.54, 1.807) is 6.69 Å². The first-order valence-corrected chi connectivity index (χ1v) is 3.25. The van der Waals surface area contributed by atoms with Gasteiger partial charge in [-0.2, -0.15) is 0 Å². The first-order valence-electron chi connectivity index (χ1n) is 2.00. The zero-order chi connectivity index (χ0) is 4.99. The van der Waals surface area contributed by atoms with Crippen LogP contribution < -0.4 is 0 Å². The summed E-state index contributed by atoms with van der Waals surface area (Å²) in [5.74, 6) is 0. The molecule has 6 heavy (non-hydrogen) atoms. The topological polar surface area (TPSA) is 0 Å². The van der Waals surface area contributed by atoms with Gasteiger partial charge in [0.2, 0.25) is 0 Å². The van der Waals surface area contributed by atoms with Crippen molar-refractivity contribution in [2.24, 2.45) is 0 Å². The van der Waals surface area contributed by atoms with Gasteiger partial charge >= 0.3 is 54.1 Å². The Kier molecular flexibility index (Phi) is 4.72. The SMILES string of the molecule is [B]=BB(I)CC. The van der Waals surface area contributed by atoms with Gasteiger partial charge in [0, 0.05) is 0 Å². The van der Waals surface area contributed by atoms with Crippen LogP contribution in [-0.2, 0) is 0 Å². The molecule has 0 rings (SSSR count). The Balaban J connectivity index is 2.96. The molecule has 0 heterocycles. The molecule has 0 aliphatic carbocycles. The van der Waals surface area contributed by atoms with Crippen LogP contribution in [0.1, 0.15) is 6.92 Å². The summed E-state index contributed by atoms with van der Waals surface area (Å²) in [6.07, 6.45) is 1.14. The maximum absolute atomic E-state index is 5.15. The quantitative estimate of drug-likeness (QED) is 0.442. The van der Waals surface area contributed by atoms with Crippen molar-refractivity contribution in [1.82, 2.24) is 0 Å². The van der Waals surface area contributed by atoms with Crippen LogP contribution >= 0.6 is 22.4 Å². The minimum absolute atomic E-state index is 0.558. The molecule has 1 radical (unpaired) electrons. The van der Waals surface area contributed by atoms with Crippen LogP contribution in [0, 0.1) is 0 Å². The standard InChI is InChI=1S/C2H5B3I/c1-2-5(6)4-3/h2H2,1H3. The Bertz CT molecular complexity index is 46.1. The van der Waals surface area contributed by atoms with Crippen molar-refractivity contribution in [2.75, 3.05) is 0 Å². The molecular formula is C2H5B3I. The molecule has 0 aromatic heterocycles. The van der Waals surface area contributed by atoms with Crippen molar-refractivity contribution >= 4 is 40.9 Å². The van der Waals surface area contributed by atoms with Crippen molar-refractivity contribution < 1.29 is 0 Å². The normalized spacial score (nSPS) is 6.83. The van der Waals surface area contributed by atoms with Crippen LogP contribution in [0.5, 0.6) is 0 Å². The van der Waals surface area contributed by atoms with E-state index in [9.17, 15) is 0 Å². The molecule has 0 N–H and O–H groups in total. The molecule has 29 valence electrons. The third kappa shape index (κ3) is 3.13. The first kappa shape index (κ1) is 6.92. The van der Waals surface area contributed by atoms with Crippen LogP contribution in [0.2, 0.25) is 6.32 Å². The van der Waals surface area contributed by atoms with E-state index in [1.165, 1.54) is 0 Å². The number of rotatable bonds is 2. The van der Waals surface area contributed by atoms with Crippen LogP contribution in [0.15, 0.2) is 0 Å². The van der Waals surface area contributed by atoms with Gasteiger partial charge in [-0.3, -0.25) is 0 Å². The summed E-state index contributed by atoms with van der Waals surface area (Å²) < 4.78 is 0.558. The molecule has 0 spiro atoms. The van der Waals surface area contributed by atoms with Gasteiger partial charge in [-0.25, -0.2) is 0 Å². The van der Waals surface area contributed by atoms with E-state index in [2.05, 4.69) is 29.3 Å². The molecule has 0 bridgehead atoms. The first-order chi connectivity index (χ1) is 2.81. The summed E-state index contributed by atoms with van der Waals surface area (Å²) in [6.45, 7) is 3.82. The predicted molar refractivity (Wildman–Crippen MR) is 41.8 cm³/mol. The molecule has 0 aliphatic heterocycles. The Morgan fingerprint density at radius 1 is 2.00 bits per heavy atom. The number of hydrogen-bond acceptors (Lipinski definition) is 0. The summed E-state index contributed by atoms with van der Waals surface area (Å²) in [7, 11) is 5.15. The van der Waals surface area contributed by atoms with E-state index >= 15 is 0 Å². The second kappa shape index (κ2) is 4.09. The Morgan fingerprint density at radius 3 is 2.50 bits per heavy atom. The van der Waals surface area contributed by atoms with E-state index in [-0.39, 0.29) is 0 Å². The molecule has 4 heteroatoms. The fraction of sp³-hybridized carbons (Fsp3) is 1.00. The van der Waals surface area contributed by atoms with Gasteiger partial charge in [-0.15, -0.1) is 0 Å². The Hall–Kier alpha value is 0.925. The van der Waals surface area contributed by atoms with Crippen LogP contribution in [0.25, 0.3) is 0 Å². The Morgan fingerprint density at radius 2 is 2.50 bits per heavy atom. The average Bonchev–Trinajstić information content (AvgIpc) is 1.65. The van der Waals surface area contributed by atoms with Crippen LogP contribution in [0.4, 0.5) is 0 Å². The van der Waals surface area contributed by atoms with Crippen molar-refractivity contribution in [3.8, 4) is 0 Å². The van der Waals surface area contributed by atoms with Crippen molar-refractivity contribution in [2.45, 2.75) is 13.2 Å². The molecule has 0 fully saturated rings. The Labute approximate surface area is 54.3 Å². The zero-order valence-electron chi connectivity index (χ0n) is 3.82.